The van der Waals surface area contributed by atoms with E-state index in [1.165, 1.54) is 0 Å². The molecule has 0 aromatic carbocycles. The van der Waals surface area contributed by atoms with Gasteiger partial charge in [-0.3, -0.25) is 0 Å². The Labute approximate surface area is 64.7 Å². The molecule has 0 radical (unpaired) electrons. The van der Waals surface area contributed by atoms with Crippen LogP contribution in [-0.4, -0.2) is 11.1 Å². The zero-order valence-electron chi connectivity index (χ0n) is 6.43. The zero-order chi connectivity index (χ0) is 8.43. The molecule has 0 spiro atoms. The van der Waals surface area contributed by atoms with Gasteiger partial charge in [-0.15, -0.1) is 0 Å². The molecule has 2 nitrogen and oxygen atoms in total. The zero-order valence-corrected chi connectivity index (χ0v) is 6.43. The quantitative estimate of drug-likeness (QED) is 0.593. The summed E-state index contributed by atoms with van der Waals surface area (Å²) in [6.45, 7) is 1.87. The minimum Gasteiger partial charge on any atom is -0.476 e. The van der Waals surface area contributed by atoms with Gasteiger partial charge in [-0.25, -0.2) is 4.79 Å². The summed E-state index contributed by atoms with van der Waals surface area (Å²) in [5.74, 6) is -2.24. The van der Waals surface area contributed by atoms with Crippen molar-refractivity contribution in [3.8, 4) is 0 Å². The Morgan fingerprint density at radius 1 is 1.73 bits per heavy atom. The van der Waals surface area contributed by atoms with Crippen LogP contribution in [0.4, 0.5) is 4.39 Å². The van der Waals surface area contributed by atoms with Gasteiger partial charge in [0.05, 0.1) is 0 Å². The minimum absolute atomic E-state index is 0.117. The number of aliphatic carboxylic acids is 1. The van der Waals surface area contributed by atoms with Crippen LogP contribution >= 0.6 is 0 Å². The van der Waals surface area contributed by atoms with E-state index in [0.717, 1.165) is 12.8 Å². The van der Waals surface area contributed by atoms with Gasteiger partial charge in [0.25, 0.3) is 0 Å². The number of hydrogen-bond donors (Lipinski definition) is 1. The monoisotopic (exact) mass is 158 g/mol. The van der Waals surface area contributed by atoms with Crippen molar-refractivity contribution in [2.24, 2.45) is 5.92 Å². The van der Waals surface area contributed by atoms with Gasteiger partial charge < -0.3 is 5.11 Å². The van der Waals surface area contributed by atoms with Gasteiger partial charge in [-0.2, -0.15) is 4.39 Å². The van der Waals surface area contributed by atoms with Crippen molar-refractivity contribution >= 4 is 5.97 Å². The van der Waals surface area contributed by atoms with E-state index in [-0.39, 0.29) is 5.92 Å². The van der Waals surface area contributed by atoms with Gasteiger partial charge in [0, 0.05) is 0 Å². The SMILES string of the molecule is CC1CCC/C1=C(\F)C(=O)O. The maximum absolute atomic E-state index is 12.8. The summed E-state index contributed by atoms with van der Waals surface area (Å²) >= 11 is 0. The van der Waals surface area contributed by atoms with Gasteiger partial charge >= 0.3 is 5.97 Å². The number of allylic oxidation sites excluding steroid dienone is 1. The molecule has 0 bridgehead atoms. The molecule has 0 aliphatic heterocycles. The molecule has 1 atom stereocenters. The van der Waals surface area contributed by atoms with Crippen molar-refractivity contribution in [2.75, 3.05) is 0 Å². The molecule has 0 saturated heterocycles. The van der Waals surface area contributed by atoms with Crippen molar-refractivity contribution in [3.63, 3.8) is 0 Å². The number of halogens is 1. The highest BCUT2D eigenvalue weighted by atomic mass is 19.1. The molecule has 62 valence electrons. The highest BCUT2D eigenvalue weighted by Crippen LogP contribution is 2.33. The first-order valence-electron chi connectivity index (χ1n) is 3.74. The van der Waals surface area contributed by atoms with E-state index >= 15 is 0 Å². The molecule has 1 N–H and O–H groups in total. The predicted octanol–water partition coefficient (Wildman–Crippen LogP) is 2.11. The highest BCUT2D eigenvalue weighted by molar-refractivity contribution is 5.85. The first kappa shape index (κ1) is 8.24. The van der Waals surface area contributed by atoms with Crippen LogP contribution < -0.4 is 0 Å². The molecule has 1 aliphatic rings. The summed E-state index contributed by atoms with van der Waals surface area (Å²) in [4.78, 5) is 10.2. The molecule has 1 unspecified atom stereocenters. The summed E-state index contributed by atoms with van der Waals surface area (Å²) < 4.78 is 12.8. The van der Waals surface area contributed by atoms with E-state index in [1.807, 2.05) is 6.92 Å². The fourth-order valence-electron chi connectivity index (χ4n) is 1.48. The predicted molar refractivity (Wildman–Crippen MR) is 38.8 cm³/mol. The van der Waals surface area contributed by atoms with E-state index in [2.05, 4.69) is 0 Å². The van der Waals surface area contributed by atoms with Crippen LogP contribution in [0.25, 0.3) is 0 Å². The maximum Gasteiger partial charge on any atom is 0.364 e. The number of carboxylic acid groups (broad SMARTS) is 1. The average molecular weight is 158 g/mol. The fourth-order valence-corrected chi connectivity index (χ4v) is 1.48. The molecule has 0 amide bonds. The Hall–Kier alpha value is -0.860. The minimum atomic E-state index is -1.42. The van der Waals surface area contributed by atoms with Crippen LogP contribution in [0.1, 0.15) is 26.2 Å². The second-order valence-electron chi connectivity index (χ2n) is 2.94. The molecular formula is C8H11FO2. The highest BCUT2D eigenvalue weighted by Gasteiger charge is 2.23. The Morgan fingerprint density at radius 3 is 2.73 bits per heavy atom. The second kappa shape index (κ2) is 3.03. The first-order valence-corrected chi connectivity index (χ1v) is 3.74. The third kappa shape index (κ3) is 1.59. The fraction of sp³-hybridized carbons (Fsp3) is 0.625. The van der Waals surface area contributed by atoms with E-state index < -0.39 is 11.8 Å². The lowest BCUT2D eigenvalue weighted by atomic mass is 10.0. The van der Waals surface area contributed by atoms with Crippen LogP contribution in [0, 0.1) is 5.92 Å². The molecule has 0 aromatic heterocycles. The molecule has 1 saturated carbocycles. The van der Waals surface area contributed by atoms with Gasteiger partial charge in [-0.05, 0) is 30.8 Å². The van der Waals surface area contributed by atoms with Crippen molar-refractivity contribution in [1.82, 2.24) is 0 Å². The molecular weight excluding hydrogens is 147 g/mol. The average Bonchev–Trinajstić information content (AvgIpc) is 2.33. The standard InChI is InChI=1S/C8H11FO2/c1-5-3-2-4-6(5)7(9)8(10)11/h5H,2-4H2,1H3,(H,10,11)/b7-6+. The number of rotatable bonds is 1. The normalized spacial score (nSPS) is 28.7. The van der Waals surface area contributed by atoms with E-state index in [9.17, 15) is 9.18 Å². The second-order valence-corrected chi connectivity index (χ2v) is 2.94. The molecule has 0 aromatic rings. The summed E-state index contributed by atoms with van der Waals surface area (Å²) in [7, 11) is 0. The number of carboxylic acids is 1. The van der Waals surface area contributed by atoms with Crippen LogP contribution in [0.5, 0.6) is 0 Å². The Bertz CT molecular complexity index is 208. The lowest BCUT2D eigenvalue weighted by molar-refractivity contribution is -0.134. The lowest BCUT2D eigenvalue weighted by Gasteiger charge is -2.03. The third-order valence-electron chi connectivity index (χ3n) is 2.15. The first-order chi connectivity index (χ1) is 5.13. The van der Waals surface area contributed by atoms with Gasteiger partial charge in [0.2, 0.25) is 5.83 Å². The van der Waals surface area contributed by atoms with Crippen LogP contribution in [-0.2, 0) is 4.79 Å². The van der Waals surface area contributed by atoms with Gasteiger partial charge in [0.1, 0.15) is 0 Å². The van der Waals surface area contributed by atoms with Crippen LogP contribution in [0.15, 0.2) is 11.4 Å². The lowest BCUT2D eigenvalue weighted by Crippen LogP contribution is -2.01. The molecule has 11 heavy (non-hydrogen) atoms. The molecule has 1 aliphatic carbocycles. The van der Waals surface area contributed by atoms with E-state index in [4.69, 9.17) is 5.11 Å². The Balaban J connectivity index is 2.85. The van der Waals surface area contributed by atoms with E-state index in [0.29, 0.717) is 12.0 Å². The van der Waals surface area contributed by atoms with Crippen LogP contribution in [0.2, 0.25) is 0 Å². The topological polar surface area (TPSA) is 37.3 Å². The third-order valence-corrected chi connectivity index (χ3v) is 2.15. The summed E-state index contributed by atoms with van der Waals surface area (Å²) in [6, 6.07) is 0. The number of carbonyl (C=O) groups is 1. The van der Waals surface area contributed by atoms with Crippen LogP contribution in [0.3, 0.4) is 0 Å². The summed E-state index contributed by atoms with van der Waals surface area (Å²) in [6.07, 6.45) is 2.44. The Morgan fingerprint density at radius 2 is 2.36 bits per heavy atom. The largest absolute Gasteiger partial charge is 0.476 e. The van der Waals surface area contributed by atoms with Crippen molar-refractivity contribution in [2.45, 2.75) is 26.2 Å². The van der Waals surface area contributed by atoms with Gasteiger partial charge in [-0.1, -0.05) is 6.92 Å². The molecule has 1 fully saturated rings. The van der Waals surface area contributed by atoms with E-state index in [1.54, 1.807) is 0 Å². The number of hydrogen-bond acceptors (Lipinski definition) is 1. The summed E-state index contributed by atoms with van der Waals surface area (Å²) in [5, 5.41) is 8.33. The Kier molecular flexibility index (Phi) is 2.27. The van der Waals surface area contributed by atoms with Gasteiger partial charge in [0.15, 0.2) is 0 Å². The smallest absolute Gasteiger partial charge is 0.364 e. The molecule has 3 heteroatoms. The summed E-state index contributed by atoms with van der Waals surface area (Å²) in [5.41, 5.74) is 0.484. The van der Waals surface area contributed by atoms with Crippen molar-refractivity contribution in [1.29, 1.82) is 0 Å². The molecule has 1 rings (SSSR count). The van der Waals surface area contributed by atoms with Crippen molar-refractivity contribution < 1.29 is 14.3 Å². The van der Waals surface area contributed by atoms with Crippen molar-refractivity contribution in [3.05, 3.63) is 11.4 Å². The molecule has 0 heterocycles. The maximum atomic E-state index is 12.8.